The maximum absolute atomic E-state index is 12.4. The molecule has 1 amide bonds. The standard InChI is InChI=1S/C20H32N4O2/c1-15(2)7-11-24-14-20(9-6-18(24)25)8-3-10-23(13-20)12-17-21-22-19(26-17)16-4-5-16/h15-16H,3-14H2,1-2H3. The highest BCUT2D eigenvalue weighted by Gasteiger charge is 2.41. The maximum atomic E-state index is 12.4. The molecule has 2 aliphatic heterocycles. The molecule has 1 aliphatic carbocycles. The Balaban J connectivity index is 1.37. The summed E-state index contributed by atoms with van der Waals surface area (Å²) in [5.74, 6) is 3.09. The van der Waals surface area contributed by atoms with Crippen molar-refractivity contribution < 1.29 is 9.21 Å². The van der Waals surface area contributed by atoms with Crippen molar-refractivity contribution >= 4 is 5.91 Å². The van der Waals surface area contributed by atoms with Gasteiger partial charge in [0, 0.05) is 37.4 Å². The van der Waals surface area contributed by atoms with Crippen LogP contribution in [0.1, 0.15) is 76.5 Å². The average molecular weight is 361 g/mol. The van der Waals surface area contributed by atoms with Gasteiger partial charge in [-0.1, -0.05) is 13.8 Å². The van der Waals surface area contributed by atoms with Crippen LogP contribution in [0, 0.1) is 11.3 Å². The Bertz CT molecular complexity index is 640. The fraction of sp³-hybridized carbons (Fsp3) is 0.850. The molecule has 3 fully saturated rings. The zero-order valence-electron chi connectivity index (χ0n) is 16.2. The van der Waals surface area contributed by atoms with Gasteiger partial charge in [0.1, 0.15) is 0 Å². The van der Waals surface area contributed by atoms with Crippen molar-refractivity contribution in [3.63, 3.8) is 0 Å². The van der Waals surface area contributed by atoms with E-state index in [2.05, 4.69) is 33.8 Å². The quantitative estimate of drug-likeness (QED) is 0.779. The molecule has 6 heteroatoms. The Labute approximate surface area is 156 Å². The average Bonchev–Trinajstić information content (AvgIpc) is 3.36. The van der Waals surface area contributed by atoms with Gasteiger partial charge in [0.25, 0.3) is 0 Å². The number of nitrogens with zero attached hydrogens (tertiary/aromatic N) is 4. The zero-order valence-corrected chi connectivity index (χ0v) is 16.2. The van der Waals surface area contributed by atoms with Crippen molar-refractivity contribution in [3.05, 3.63) is 11.8 Å². The third-order valence-electron chi connectivity index (χ3n) is 6.23. The third-order valence-corrected chi connectivity index (χ3v) is 6.23. The van der Waals surface area contributed by atoms with E-state index in [0.29, 0.717) is 24.2 Å². The molecular weight excluding hydrogens is 328 g/mol. The van der Waals surface area contributed by atoms with Gasteiger partial charge >= 0.3 is 0 Å². The molecule has 1 unspecified atom stereocenters. The van der Waals surface area contributed by atoms with Gasteiger partial charge in [0.2, 0.25) is 17.7 Å². The number of piperidine rings is 2. The summed E-state index contributed by atoms with van der Waals surface area (Å²) >= 11 is 0. The number of carbonyl (C=O) groups is 1. The van der Waals surface area contributed by atoms with Crippen molar-refractivity contribution in [2.24, 2.45) is 11.3 Å². The molecule has 0 aromatic carbocycles. The van der Waals surface area contributed by atoms with Gasteiger partial charge in [0.05, 0.1) is 6.54 Å². The summed E-state index contributed by atoms with van der Waals surface area (Å²) in [6, 6.07) is 0. The molecule has 0 bridgehead atoms. The maximum Gasteiger partial charge on any atom is 0.230 e. The molecule has 3 heterocycles. The largest absolute Gasteiger partial charge is 0.424 e. The monoisotopic (exact) mass is 360 g/mol. The lowest BCUT2D eigenvalue weighted by atomic mass is 9.73. The normalized spacial score (nSPS) is 27.7. The van der Waals surface area contributed by atoms with Gasteiger partial charge in [-0.3, -0.25) is 9.69 Å². The molecule has 6 nitrogen and oxygen atoms in total. The summed E-state index contributed by atoms with van der Waals surface area (Å²) in [5, 5.41) is 8.47. The van der Waals surface area contributed by atoms with Crippen LogP contribution in [-0.4, -0.2) is 52.1 Å². The first-order valence-electron chi connectivity index (χ1n) is 10.4. The van der Waals surface area contributed by atoms with E-state index in [4.69, 9.17) is 4.42 Å². The fourth-order valence-electron chi connectivity index (χ4n) is 4.52. The molecule has 1 atom stereocenters. The number of hydrogen-bond acceptors (Lipinski definition) is 5. The number of likely N-dealkylation sites (tertiary alicyclic amines) is 2. The second-order valence-electron chi connectivity index (χ2n) is 9.12. The van der Waals surface area contributed by atoms with E-state index in [9.17, 15) is 4.79 Å². The van der Waals surface area contributed by atoms with E-state index in [1.165, 1.54) is 25.7 Å². The number of amides is 1. The Morgan fingerprint density at radius 1 is 1.23 bits per heavy atom. The molecule has 144 valence electrons. The van der Waals surface area contributed by atoms with Crippen LogP contribution in [0.25, 0.3) is 0 Å². The Morgan fingerprint density at radius 2 is 2.08 bits per heavy atom. The third kappa shape index (κ3) is 4.11. The molecule has 4 rings (SSSR count). The first-order valence-corrected chi connectivity index (χ1v) is 10.4. The van der Waals surface area contributed by atoms with Gasteiger partial charge in [-0.15, -0.1) is 10.2 Å². The SMILES string of the molecule is CC(C)CCN1CC2(CCCN(Cc3nnc(C4CC4)o3)C2)CCC1=O. The second kappa shape index (κ2) is 7.29. The number of carbonyl (C=O) groups excluding carboxylic acids is 1. The van der Waals surface area contributed by atoms with Crippen LogP contribution in [0.3, 0.4) is 0 Å². The smallest absolute Gasteiger partial charge is 0.230 e. The van der Waals surface area contributed by atoms with E-state index < -0.39 is 0 Å². The number of hydrogen-bond donors (Lipinski definition) is 0. The zero-order chi connectivity index (χ0) is 18.1. The number of rotatable bonds is 6. The van der Waals surface area contributed by atoms with Crippen LogP contribution >= 0.6 is 0 Å². The van der Waals surface area contributed by atoms with E-state index in [-0.39, 0.29) is 5.41 Å². The van der Waals surface area contributed by atoms with Crippen molar-refractivity contribution in [2.75, 3.05) is 26.2 Å². The summed E-state index contributed by atoms with van der Waals surface area (Å²) < 4.78 is 5.86. The van der Waals surface area contributed by atoms with Crippen LogP contribution in [0.5, 0.6) is 0 Å². The molecule has 2 saturated heterocycles. The van der Waals surface area contributed by atoms with Crippen LogP contribution in [0.2, 0.25) is 0 Å². The summed E-state index contributed by atoms with van der Waals surface area (Å²) in [5.41, 5.74) is 0.252. The molecule has 0 N–H and O–H groups in total. The van der Waals surface area contributed by atoms with Crippen molar-refractivity contribution in [2.45, 2.75) is 71.3 Å². The lowest BCUT2D eigenvalue weighted by Gasteiger charge is -2.48. The summed E-state index contributed by atoms with van der Waals surface area (Å²) in [6.45, 7) is 9.17. The first kappa shape index (κ1) is 18.0. The predicted molar refractivity (Wildman–Crippen MR) is 98.5 cm³/mol. The predicted octanol–water partition coefficient (Wildman–Crippen LogP) is 3.20. The van der Waals surface area contributed by atoms with Crippen LogP contribution in [0.4, 0.5) is 0 Å². The van der Waals surface area contributed by atoms with Gasteiger partial charge in [-0.25, -0.2) is 0 Å². The molecule has 1 aromatic heterocycles. The minimum atomic E-state index is 0.252. The van der Waals surface area contributed by atoms with Gasteiger partial charge in [-0.2, -0.15) is 0 Å². The molecule has 26 heavy (non-hydrogen) atoms. The summed E-state index contributed by atoms with van der Waals surface area (Å²) in [7, 11) is 0. The second-order valence-corrected chi connectivity index (χ2v) is 9.12. The minimum absolute atomic E-state index is 0.252. The molecular formula is C20H32N4O2. The highest BCUT2D eigenvalue weighted by molar-refractivity contribution is 5.77. The van der Waals surface area contributed by atoms with E-state index in [0.717, 1.165) is 57.3 Å². The van der Waals surface area contributed by atoms with Gasteiger partial charge < -0.3 is 9.32 Å². The fourth-order valence-corrected chi connectivity index (χ4v) is 4.52. The molecule has 1 spiro atoms. The Kier molecular flexibility index (Phi) is 5.04. The Morgan fingerprint density at radius 3 is 2.85 bits per heavy atom. The highest BCUT2D eigenvalue weighted by atomic mass is 16.4. The summed E-state index contributed by atoms with van der Waals surface area (Å²) in [4.78, 5) is 16.9. The molecule has 1 saturated carbocycles. The molecule has 0 radical (unpaired) electrons. The number of aromatic nitrogens is 2. The summed E-state index contributed by atoms with van der Waals surface area (Å²) in [6.07, 6.45) is 7.62. The van der Waals surface area contributed by atoms with Crippen molar-refractivity contribution in [3.8, 4) is 0 Å². The van der Waals surface area contributed by atoms with Crippen LogP contribution < -0.4 is 0 Å². The highest BCUT2D eigenvalue weighted by Crippen LogP contribution is 2.40. The topological polar surface area (TPSA) is 62.5 Å². The minimum Gasteiger partial charge on any atom is -0.424 e. The van der Waals surface area contributed by atoms with Crippen LogP contribution in [0.15, 0.2) is 4.42 Å². The van der Waals surface area contributed by atoms with Crippen LogP contribution in [-0.2, 0) is 11.3 Å². The van der Waals surface area contributed by atoms with Crippen molar-refractivity contribution in [1.82, 2.24) is 20.0 Å². The van der Waals surface area contributed by atoms with Crippen molar-refractivity contribution in [1.29, 1.82) is 0 Å². The van der Waals surface area contributed by atoms with Gasteiger partial charge in [-0.05, 0) is 51.0 Å². The lowest BCUT2D eigenvalue weighted by Crippen LogP contribution is -2.54. The van der Waals surface area contributed by atoms with E-state index in [1.54, 1.807) is 0 Å². The Hall–Kier alpha value is -1.43. The molecule has 3 aliphatic rings. The lowest BCUT2D eigenvalue weighted by molar-refractivity contribution is -0.139. The van der Waals surface area contributed by atoms with E-state index in [1.807, 2.05) is 0 Å². The molecule has 1 aromatic rings. The first-order chi connectivity index (χ1) is 12.5. The van der Waals surface area contributed by atoms with E-state index >= 15 is 0 Å². The van der Waals surface area contributed by atoms with Gasteiger partial charge in [0.15, 0.2) is 0 Å².